The van der Waals surface area contributed by atoms with E-state index in [1.165, 1.54) is 24.5 Å². The predicted octanol–water partition coefficient (Wildman–Crippen LogP) is 4.91. The van der Waals surface area contributed by atoms with Crippen LogP contribution in [0.3, 0.4) is 0 Å². The van der Waals surface area contributed by atoms with Gasteiger partial charge in [0.1, 0.15) is 4.53 Å². The van der Waals surface area contributed by atoms with Crippen molar-refractivity contribution in [1.29, 1.82) is 0 Å². The molecule has 2 aliphatic rings. The number of aromatic nitrogens is 1. The van der Waals surface area contributed by atoms with Crippen LogP contribution in [0.1, 0.15) is 36.4 Å². The number of hydrogen-bond donors (Lipinski definition) is 0. The van der Waals surface area contributed by atoms with Crippen LogP contribution in [0.2, 0.25) is 10.0 Å². The van der Waals surface area contributed by atoms with Crippen molar-refractivity contribution in [2.45, 2.75) is 25.3 Å². The topological polar surface area (TPSA) is 60.7 Å². The van der Waals surface area contributed by atoms with Crippen molar-refractivity contribution in [1.82, 2.24) is 4.57 Å². The van der Waals surface area contributed by atoms with Crippen LogP contribution in [0, 0.1) is 0 Å². The molecule has 0 N–H and O–H groups in total. The minimum Gasteiger partial charge on any atom is -0.466 e. The highest BCUT2D eigenvalue weighted by Crippen LogP contribution is 2.41. The summed E-state index contributed by atoms with van der Waals surface area (Å²) in [4.78, 5) is 30.8. The molecule has 0 radical (unpaired) electrons. The summed E-state index contributed by atoms with van der Waals surface area (Å²) in [6.07, 6.45) is 6.02. The van der Waals surface area contributed by atoms with Crippen molar-refractivity contribution in [2.24, 2.45) is 4.99 Å². The van der Waals surface area contributed by atoms with E-state index in [0.717, 1.165) is 47.2 Å². The molecular formula is C26H20Cl2N2O3S. The summed E-state index contributed by atoms with van der Waals surface area (Å²) in [6.45, 7) is 0. The number of thiazole rings is 1. The van der Waals surface area contributed by atoms with Crippen molar-refractivity contribution in [2.75, 3.05) is 7.11 Å². The van der Waals surface area contributed by atoms with Crippen LogP contribution in [0.25, 0.3) is 12.2 Å². The number of methoxy groups -OCH3 is 1. The number of esters is 1. The Morgan fingerprint density at radius 1 is 1.09 bits per heavy atom. The largest absolute Gasteiger partial charge is 0.466 e. The number of ether oxygens (including phenoxy) is 1. The molecule has 34 heavy (non-hydrogen) atoms. The Morgan fingerprint density at radius 2 is 1.76 bits per heavy atom. The molecule has 2 aromatic carbocycles. The highest BCUT2D eigenvalue weighted by atomic mass is 35.5. The van der Waals surface area contributed by atoms with Crippen molar-refractivity contribution >= 4 is 52.7 Å². The van der Waals surface area contributed by atoms with Crippen molar-refractivity contribution in [3.8, 4) is 0 Å². The predicted molar refractivity (Wildman–Crippen MR) is 136 cm³/mol. The highest BCUT2D eigenvalue weighted by Gasteiger charge is 2.32. The Kier molecular flexibility index (Phi) is 6.30. The second-order valence-corrected chi connectivity index (χ2v) is 9.99. The first kappa shape index (κ1) is 22.8. The van der Waals surface area contributed by atoms with Crippen LogP contribution in [0.5, 0.6) is 0 Å². The minimum atomic E-state index is -0.569. The maximum Gasteiger partial charge on any atom is 0.332 e. The van der Waals surface area contributed by atoms with Gasteiger partial charge >= 0.3 is 5.97 Å². The summed E-state index contributed by atoms with van der Waals surface area (Å²) < 4.78 is 6.73. The molecule has 2 heterocycles. The zero-order chi connectivity index (χ0) is 23.8. The molecule has 0 saturated carbocycles. The van der Waals surface area contributed by atoms with Gasteiger partial charge in [0.25, 0.3) is 5.56 Å². The van der Waals surface area contributed by atoms with Crippen LogP contribution in [-0.4, -0.2) is 17.6 Å². The van der Waals surface area contributed by atoms with Crippen LogP contribution < -0.4 is 14.9 Å². The number of nitrogens with zero attached hydrogens (tertiary/aromatic N) is 2. The molecule has 0 spiro atoms. The van der Waals surface area contributed by atoms with Gasteiger partial charge < -0.3 is 4.74 Å². The Labute approximate surface area is 209 Å². The molecule has 0 fully saturated rings. The first-order chi connectivity index (χ1) is 16.4. The SMILES string of the molecule is COC(=O)/C=c1\sc2n(c1=O)C(c1ccc(Cl)cc1)C1=C(N=2)/C(=C/c2ccc(Cl)cc2)CCC1. The molecular weight excluding hydrogens is 491 g/mol. The Morgan fingerprint density at radius 3 is 2.44 bits per heavy atom. The van der Waals surface area contributed by atoms with Gasteiger partial charge in [-0.1, -0.05) is 58.8 Å². The highest BCUT2D eigenvalue weighted by molar-refractivity contribution is 7.07. The molecule has 3 aromatic rings. The first-order valence-corrected chi connectivity index (χ1v) is 12.4. The van der Waals surface area contributed by atoms with E-state index in [-0.39, 0.29) is 11.6 Å². The molecule has 5 rings (SSSR count). The van der Waals surface area contributed by atoms with E-state index in [9.17, 15) is 9.59 Å². The van der Waals surface area contributed by atoms with Gasteiger partial charge in [-0.15, -0.1) is 0 Å². The zero-order valence-electron chi connectivity index (χ0n) is 18.3. The summed E-state index contributed by atoms with van der Waals surface area (Å²) in [6, 6.07) is 14.9. The van der Waals surface area contributed by atoms with Crippen LogP contribution in [0.4, 0.5) is 0 Å². The molecule has 0 amide bonds. The average Bonchev–Trinajstić information content (AvgIpc) is 3.14. The molecule has 1 unspecified atom stereocenters. The lowest BCUT2D eigenvalue weighted by Crippen LogP contribution is -2.39. The smallest absolute Gasteiger partial charge is 0.332 e. The molecule has 1 aromatic heterocycles. The summed E-state index contributed by atoms with van der Waals surface area (Å²) in [5.41, 5.74) is 4.85. The second kappa shape index (κ2) is 9.37. The Hall–Kier alpha value is -2.93. The normalized spacial score (nSPS) is 19.0. The lowest BCUT2D eigenvalue weighted by molar-refractivity contribution is -0.133. The standard InChI is InChI=1S/C26H20Cl2N2O3S/c1-33-22(31)14-21-25(32)30-24(16-7-11-19(28)12-8-16)20-4-2-3-17(23(20)29-26(30)34-21)13-15-5-9-18(27)10-6-15/h5-14,24H,2-4H2,1H3/b17-13+,21-14-. The van der Waals surface area contributed by atoms with E-state index in [1.54, 1.807) is 4.57 Å². The summed E-state index contributed by atoms with van der Waals surface area (Å²) in [5, 5.41) is 1.32. The molecule has 8 heteroatoms. The molecule has 1 atom stereocenters. The van der Waals surface area contributed by atoms with Gasteiger partial charge in [0.05, 0.1) is 18.8 Å². The number of halogens is 2. The van der Waals surface area contributed by atoms with E-state index in [2.05, 4.69) is 6.08 Å². The Balaban J connectivity index is 1.75. The zero-order valence-corrected chi connectivity index (χ0v) is 20.6. The van der Waals surface area contributed by atoms with Gasteiger partial charge in [0, 0.05) is 16.1 Å². The van der Waals surface area contributed by atoms with Crippen molar-refractivity contribution in [3.63, 3.8) is 0 Å². The number of allylic oxidation sites excluding steroid dienone is 2. The average molecular weight is 511 g/mol. The van der Waals surface area contributed by atoms with Gasteiger partial charge in [-0.25, -0.2) is 9.79 Å². The third kappa shape index (κ3) is 4.29. The fourth-order valence-corrected chi connectivity index (χ4v) is 5.64. The lowest BCUT2D eigenvalue weighted by atomic mass is 9.84. The fourth-order valence-electron chi connectivity index (χ4n) is 4.43. The number of fused-ring (bicyclic) bond motifs is 1. The van der Waals surface area contributed by atoms with Crippen molar-refractivity contribution in [3.05, 3.63) is 106 Å². The third-order valence-electron chi connectivity index (χ3n) is 5.98. The van der Waals surface area contributed by atoms with Gasteiger partial charge in [-0.05, 0) is 71.9 Å². The fraction of sp³-hybridized carbons (Fsp3) is 0.192. The minimum absolute atomic E-state index is 0.255. The van der Waals surface area contributed by atoms with Gasteiger partial charge in [0.15, 0.2) is 4.80 Å². The summed E-state index contributed by atoms with van der Waals surface area (Å²) >= 11 is 13.4. The van der Waals surface area contributed by atoms with E-state index in [0.29, 0.717) is 19.4 Å². The van der Waals surface area contributed by atoms with E-state index < -0.39 is 5.97 Å². The maximum atomic E-state index is 13.4. The van der Waals surface area contributed by atoms with Crippen molar-refractivity contribution < 1.29 is 9.53 Å². The molecule has 5 nitrogen and oxygen atoms in total. The summed E-state index contributed by atoms with van der Waals surface area (Å²) in [7, 11) is 1.29. The summed E-state index contributed by atoms with van der Waals surface area (Å²) in [5.74, 6) is -0.569. The number of benzene rings is 2. The lowest BCUT2D eigenvalue weighted by Gasteiger charge is -2.31. The quantitative estimate of drug-likeness (QED) is 0.470. The monoisotopic (exact) mass is 510 g/mol. The third-order valence-corrected chi connectivity index (χ3v) is 7.47. The number of hydrogen-bond acceptors (Lipinski definition) is 5. The maximum absolute atomic E-state index is 13.4. The molecule has 1 aliphatic carbocycles. The van der Waals surface area contributed by atoms with Crippen LogP contribution in [0.15, 0.2) is 75.2 Å². The first-order valence-electron chi connectivity index (χ1n) is 10.8. The van der Waals surface area contributed by atoms with Crippen LogP contribution >= 0.6 is 34.5 Å². The van der Waals surface area contributed by atoms with Gasteiger partial charge in [-0.3, -0.25) is 9.36 Å². The van der Waals surface area contributed by atoms with E-state index in [1.807, 2.05) is 48.5 Å². The molecule has 1 aliphatic heterocycles. The van der Waals surface area contributed by atoms with Gasteiger partial charge in [-0.2, -0.15) is 0 Å². The molecule has 0 bridgehead atoms. The van der Waals surface area contributed by atoms with E-state index in [4.69, 9.17) is 32.9 Å². The second-order valence-electron chi connectivity index (χ2n) is 8.11. The van der Waals surface area contributed by atoms with Gasteiger partial charge in [0.2, 0.25) is 0 Å². The van der Waals surface area contributed by atoms with E-state index >= 15 is 0 Å². The molecule has 172 valence electrons. The number of rotatable bonds is 3. The Bertz CT molecular complexity index is 1510. The molecule has 0 saturated heterocycles. The van der Waals surface area contributed by atoms with Crippen LogP contribution in [-0.2, 0) is 9.53 Å². The number of carbonyl (C=O) groups excluding carboxylic acids is 1. The number of carbonyl (C=O) groups is 1.